The Morgan fingerprint density at radius 1 is 1.15 bits per heavy atom. The summed E-state index contributed by atoms with van der Waals surface area (Å²) in [5.74, 6) is -2.88. The maximum absolute atomic E-state index is 14.0. The van der Waals surface area contributed by atoms with Crippen molar-refractivity contribution in [1.29, 1.82) is 0 Å². The molecule has 0 heterocycles. The summed E-state index contributed by atoms with van der Waals surface area (Å²) in [4.78, 5) is 12.1. The second-order valence-corrected chi connectivity index (χ2v) is 5.94. The number of hydrogen-bond acceptors (Lipinski definition) is 3. The zero-order valence-corrected chi connectivity index (χ0v) is 15.4. The first kappa shape index (κ1) is 20.6. The van der Waals surface area contributed by atoms with Crippen LogP contribution in [0.25, 0.3) is 6.08 Å². The highest BCUT2D eigenvalue weighted by Crippen LogP contribution is 2.30. The topological polar surface area (TPSA) is 47.6 Å². The number of halogens is 2. The van der Waals surface area contributed by atoms with Crippen molar-refractivity contribution in [2.24, 2.45) is 0 Å². The van der Waals surface area contributed by atoms with Gasteiger partial charge in [0.25, 0.3) is 0 Å². The van der Waals surface area contributed by atoms with Crippen molar-refractivity contribution in [2.45, 2.75) is 26.4 Å². The second kappa shape index (κ2) is 10.4. The molecule has 1 amide bonds. The van der Waals surface area contributed by atoms with Gasteiger partial charge in [0.15, 0.2) is 11.6 Å². The van der Waals surface area contributed by atoms with Crippen LogP contribution in [-0.4, -0.2) is 19.6 Å². The Hall–Kier alpha value is -2.73. The van der Waals surface area contributed by atoms with Gasteiger partial charge in [-0.1, -0.05) is 37.6 Å². The predicted molar refractivity (Wildman–Crippen MR) is 102 cm³/mol. The van der Waals surface area contributed by atoms with Crippen LogP contribution >= 0.6 is 0 Å². The first-order valence-corrected chi connectivity index (χ1v) is 8.73. The SMILES string of the molecule is CCCCOc1c(NC(=O)/C=C/c2ccc(COC)cc2)ccc(F)c1F. The lowest BCUT2D eigenvalue weighted by molar-refractivity contribution is -0.111. The highest BCUT2D eigenvalue weighted by atomic mass is 19.2. The van der Waals surface area contributed by atoms with Gasteiger partial charge < -0.3 is 14.8 Å². The van der Waals surface area contributed by atoms with E-state index < -0.39 is 17.5 Å². The summed E-state index contributed by atoms with van der Waals surface area (Å²) in [7, 11) is 1.62. The number of benzene rings is 2. The third-order valence-corrected chi connectivity index (χ3v) is 3.77. The summed E-state index contributed by atoms with van der Waals surface area (Å²) in [6.45, 7) is 2.71. The van der Waals surface area contributed by atoms with Gasteiger partial charge in [-0.2, -0.15) is 4.39 Å². The summed E-state index contributed by atoms with van der Waals surface area (Å²) < 4.78 is 37.9. The van der Waals surface area contributed by atoms with Gasteiger partial charge in [0.1, 0.15) is 0 Å². The lowest BCUT2D eigenvalue weighted by Crippen LogP contribution is -2.11. The number of nitrogens with one attached hydrogen (secondary N) is 1. The minimum absolute atomic E-state index is 0.0927. The van der Waals surface area contributed by atoms with Gasteiger partial charge in [-0.3, -0.25) is 4.79 Å². The van der Waals surface area contributed by atoms with Crippen LogP contribution in [0.4, 0.5) is 14.5 Å². The standard InChI is InChI=1S/C21H23F2NO3/c1-3-4-13-27-21-18(11-10-17(22)20(21)23)24-19(25)12-9-15-5-7-16(8-6-15)14-26-2/h5-12H,3-4,13-14H2,1-2H3,(H,24,25)/b12-9+. The van der Waals surface area contributed by atoms with Crippen molar-refractivity contribution in [2.75, 3.05) is 19.0 Å². The normalized spacial score (nSPS) is 11.0. The minimum Gasteiger partial charge on any atom is -0.488 e. The first-order valence-electron chi connectivity index (χ1n) is 8.73. The molecule has 2 rings (SSSR count). The van der Waals surface area contributed by atoms with E-state index in [-0.39, 0.29) is 18.0 Å². The number of anilines is 1. The fourth-order valence-corrected chi connectivity index (χ4v) is 2.33. The summed E-state index contributed by atoms with van der Waals surface area (Å²) in [5, 5.41) is 2.53. The van der Waals surface area contributed by atoms with E-state index in [4.69, 9.17) is 9.47 Å². The number of hydrogen-bond donors (Lipinski definition) is 1. The van der Waals surface area contributed by atoms with Crippen LogP contribution in [0.1, 0.15) is 30.9 Å². The maximum Gasteiger partial charge on any atom is 0.248 e. The third kappa shape index (κ3) is 6.18. The van der Waals surface area contributed by atoms with Crippen LogP contribution in [-0.2, 0) is 16.1 Å². The van der Waals surface area contributed by atoms with E-state index in [1.54, 1.807) is 13.2 Å². The average Bonchev–Trinajstić information content (AvgIpc) is 2.67. The molecule has 0 aromatic heterocycles. The summed E-state index contributed by atoms with van der Waals surface area (Å²) in [5.41, 5.74) is 1.94. The van der Waals surface area contributed by atoms with Gasteiger partial charge in [-0.05, 0) is 35.8 Å². The predicted octanol–water partition coefficient (Wildman–Crippen LogP) is 4.94. The molecule has 2 aromatic rings. The van der Waals surface area contributed by atoms with E-state index in [1.807, 2.05) is 31.2 Å². The maximum atomic E-state index is 14.0. The minimum atomic E-state index is -1.11. The molecule has 0 atom stereocenters. The first-order chi connectivity index (χ1) is 13.0. The fraction of sp³-hybridized carbons (Fsp3) is 0.286. The molecule has 4 nitrogen and oxygen atoms in total. The molecule has 0 aliphatic rings. The van der Waals surface area contributed by atoms with Crippen molar-refractivity contribution in [3.8, 4) is 5.75 Å². The lowest BCUT2D eigenvalue weighted by atomic mass is 10.1. The van der Waals surface area contributed by atoms with E-state index in [0.717, 1.165) is 23.6 Å². The molecule has 6 heteroatoms. The third-order valence-electron chi connectivity index (χ3n) is 3.77. The van der Waals surface area contributed by atoms with Gasteiger partial charge in [-0.25, -0.2) is 4.39 Å². The number of rotatable bonds is 9. The van der Waals surface area contributed by atoms with Crippen molar-refractivity contribution < 1.29 is 23.0 Å². The molecular weight excluding hydrogens is 352 g/mol. The van der Waals surface area contributed by atoms with E-state index in [9.17, 15) is 13.6 Å². The zero-order chi connectivity index (χ0) is 19.6. The molecule has 1 N–H and O–H groups in total. The highest BCUT2D eigenvalue weighted by molar-refractivity contribution is 6.02. The van der Waals surface area contributed by atoms with Gasteiger partial charge in [-0.15, -0.1) is 0 Å². The second-order valence-electron chi connectivity index (χ2n) is 5.94. The van der Waals surface area contributed by atoms with Gasteiger partial charge in [0.05, 0.1) is 18.9 Å². The number of unbranched alkanes of at least 4 members (excludes halogenated alkanes) is 1. The van der Waals surface area contributed by atoms with Crippen LogP contribution in [0.15, 0.2) is 42.5 Å². The van der Waals surface area contributed by atoms with Crippen LogP contribution in [0.5, 0.6) is 5.75 Å². The monoisotopic (exact) mass is 375 g/mol. The van der Waals surface area contributed by atoms with Crippen molar-refractivity contribution >= 4 is 17.7 Å². The Morgan fingerprint density at radius 3 is 2.56 bits per heavy atom. The van der Waals surface area contributed by atoms with Crippen molar-refractivity contribution in [3.63, 3.8) is 0 Å². The van der Waals surface area contributed by atoms with Crippen LogP contribution < -0.4 is 10.1 Å². The van der Waals surface area contributed by atoms with E-state index in [0.29, 0.717) is 13.0 Å². The van der Waals surface area contributed by atoms with Gasteiger partial charge >= 0.3 is 0 Å². The van der Waals surface area contributed by atoms with E-state index >= 15 is 0 Å². The fourth-order valence-electron chi connectivity index (χ4n) is 2.33. The quantitative estimate of drug-likeness (QED) is 0.499. The molecule has 144 valence electrons. The van der Waals surface area contributed by atoms with Crippen LogP contribution in [0.2, 0.25) is 0 Å². The number of carbonyl (C=O) groups excluding carboxylic acids is 1. The lowest BCUT2D eigenvalue weighted by Gasteiger charge is -2.13. The number of methoxy groups -OCH3 is 1. The summed E-state index contributed by atoms with van der Waals surface area (Å²) in [6.07, 6.45) is 4.50. The molecule has 0 unspecified atom stereocenters. The zero-order valence-electron chi connectivity index (χ0n) is 15.4. The Kier molecular flexibility index (Phi) is 7.95. The Morgan fingerprint density at radius 2 is 1.89 bits per heavy atom. The molecule has 0 aliphatic heterocycles. The molecule has 0 saturated carbocycles. The highest BCUT2D eigenvalue weighted by Gasteiger charge is 2.16. The summed E-state index contributed by atoms with van der Waals surface area (Å²) in [6, 6.07) is 9.75. The molecule has 0 saturated heterocycles. The van der Waals surface area contributed by atoms with Crippen molar-refractivity contribution in [1.82, 2.24) is 0 Å². The van der Waals surface area contributed by atoms with Gasteiger partial charge in [0, 0.05) is 13.2 Å². The van der Waals surface area contributed by atoms with Crippen molar-refractivity contribution in [3.05, 3.63) is 65.2 Å². The summed E-state index contributed by atoms with van der Waals surface area (Å²) >= 11 is 0. The van der Waals surface area contributed by atoms with E-state index in [1.165, 1.54) is 12.1 Å². The molecule has 0 aliphatic carbocycles. The number of amides is 1. The smallest absolute Gasteiger partial charge is 0.248 e. The Labute approximate surface area is 157 Å². The van der Waals surface area contributed by atoms with Crippen LogP contribution in [0.3, 0.4) is 0 Å². The van der Waals surface area contributed by atoms with Crippen LogP contribution in [0, 0.1) is 11.6 Å². The number of ether oxygens (including phenoxy) is 2. The molecule has 0 bridgehead atoms. The molecule has 2 aromatic carbocycles. The molecule has 27 heavy (non-hydrogen) atoms. The number of carbonyl (C=O) groups is 1. The largest absolute Gasteiger partial charge is 0.488 e. The molecule has 0 radical (unpaired) electrons. The molecular formula is C21H23F2NO3. The van der Waals surface area contributed by atoms with Gasteiger partial charge in [0.2, 0.25) is 11.7 Å². The average molecular weight is 375 g/mol. The Bertz CT molecular complexity index is 789. The molecule has 0 fully saturated rings. The van der Waals surface area contributed by atoms with E-state index in [2.05, 4.69) is 5.32 Å². The molecule has 0 spiro atoms. The Balaban J connectivity index is 2.07.